The fraction of sp³-hybridized carbons (Fsp3) is 0.720. The number of phenols is 1. The molecule has 1 heterocycles. The summed E-state index contributed by atoms with van der Waals surface area (Å²) >= 11 is 0. The molecule has 1 aromatic rings. The van der Waals surface area contributed by atoms with Crippen LogP contribution in [0.2, 0.25) is 0 Å². The van der Waals surface area contributed by atoms with Gasteiger partial charge >= 0.3 is 0 Å². The normalized spacial score (nSPS) is 24.6. The van der Waals surface area contributed by atoms with Gasteiger partial charge in [-0.05, 0) is 64.5 Å². The Bertz CT molecular complexity index is 854. The van der Waals surface area contributed by atoms with Crippen LogP contribution in [0.4, 0.5) is 0 Å². The number of hydrogen-bond donors (Lipinski definition) is 4. The Balaban J connectivity index is 2.28. The molecule has 0 spiro atoms. The fourth-order valence-corrected chi connectivity index (χ4v) is 4.15. The van der Waals surface area contributed by atoms with Crippen LogP contribution in [-0.2, 0) is 0 Å². The summed E-state index contributed by atoms with van der Waals surface area (Å²) in [4.78, 5) is 13.1. The number of rotatable bonds is 7. The summed E-state index contributed by atoms with van der Waals surface area (Å²) in [6.07, 6.45) is 0. The smallest absolute Gasteiger partial charge is 0.251 e. The molecule has 6 heteroatoms. The molecule has 0 saturated carbocycles. The molecule has 2 atom stereocenters. The highest BCUT2D eigenvalue weighted by atomic mass is 16.5. The fourth-order valence-electron chi connectivity index (χ4n) is 4.15. The Labute approximate surface area is 187 Å². The highest BCUT2D eigenvalue weighted by Gasteiger charge is 2.69. The molecule has 0 radical (unpaired) electrons. The van der Waals surface area contributed by atoms with Crippen molar-refractivity contribution in [3.8, 4) is 11.5 Å². The summed E-state index contributed by atoms with van der Waals surface area (Å²) < 4.78 is 6.24. The lowest BCUT2D eigenvalue weighted by Crippen LogP contribution is -2.58. The summed E-state index contributed by atoms with van der Waals surface area (Å²) in [5.41, 5.74) is -2.00. The minimum absolute atomic E-state index is 0.0113. The third kappa shape index (κ3) is 4.29. The number of carbonyl (C=O) groups excluding carboxylic acids is 1. The van der Waals surface area contributed by atoms with Crippen LogP contribution >= 0.6 is 0 Å². The highest BCUT2D eigenvalue weighted by molar-refractivity contribution is 5.95. The Kier molecular flexibility index (Phi) is 6.06. The molecular formula is C25H42N2O4. The molecule has 0 aliphatic carbocycles. The molecule has 2 unspecified atom stereocenters. The Morgan fingerprint density at radius 2 is 1.58 bits per heavy atom. The van der Waals surface area contributed by atoms with Crippen LogP contribution in [0.15, 0.2) is 18.2 Å². The SMILES string of the molecule is CC(C)(C)C(C)(C)C(C)(C)NC(=O)c1cc(O)cc(OC(C)(C)C2(C)NC2(C)CO)c1. The molecule has 176 valence electrons. The van der Waals surface area contributed by atoms with Gasteiger partial charge in [-0.1, -0.05) is 34.6 Å². The van der Waals surface area contributed by atoms with E-state index >= 15 is 0 Å². The number of ether oxygens (including phenoxy) is 1. The van der Waals surface area contributed by atoms with Crippen molar-refractivity contribution in [2.24, 2.45) is 10.8 Å². The minimum atomic E-state index is -0.695. The van der Waals surface area contributed by atoms with Crippen molar-refractivity contribution in [2.75, 3.05) is 6.61 Å². The second-order valence-electron chi connectivity index (χ2n) is 12.0. The van der Waals surface area contributed by atoms with E-state index < -0.39 is 22.2 Å². The maximum Gasteiger partial charge on any atom is 0.251 e. The monoisotopic (exact) mass is 434 g/mol. The first-order valence-electron chi connectivity index (χ1n) is 11.0. The molecule has 1 saturated heterocycles. The topological polar surface area (TPSA) is 101 Å². The van der Waals surface area contributed by atoms with Crippen molar-refractivity contribution in [1.29, 1.82) is 0 Å². The number of nitrogens with one attached hydrogen (secondary N) is 2. The number of phenolic OH excluding ortho intramolecular Hbond substituents is 1. The van der Waals surface area contributed by atoms with Gasteiger partial charge in [0.15, 0.2) is 0 Å². The van der Waals surface area contributed by atoms with E-state index in [9.17, 15) is 15.0 Å². The van der Waals surface area contributed by atoms with E-state index in [1.54, 1.807) is 6.07 Å². The number of carbonyl (C=O) groups is 1. The Morgan fingerprint density at radius 1 is 1.03 bits per heavy atom. The van der Waals surface area contributed by atoms with Crippen LogP contribution in [0.25, 0.3) is 0 Å². The average molecular weight is 435 g/mol. The maximum atomic E-state index is 13.1. The van der Waals surface area contributed by atoms with E-state index in [2.05, 4.69) is 45.3 Å². The van der Waals surface area contributed by atoms with Gasteiger partial charge < -0.3 is 20.3 Å². The van der Waals surface area contributed by atoms with Gasteiger partial charge in [-0.2, -0.15) is 0 Å². The summed E-state index contributed by atoms with van der Waals surface area (Å²) in [5.74, 6) is 0.0975. The lowest BCUT2D eigenvalue weighted by molar-refractivity contribution is 0.0258. The van der Waals surface area contributed by atoms with Gasteiger partial charge in [-0.3, -0.25) is 10.1 Å². The molecule has 1 aliphatic rings. The van der Waals surface area contributed by atoms with Crippen molar-refractivity contribution >= 4 is 5.91 Å². The number of hydrogen-bond acceptors (Lipinski definition) is 5. The molecular weight excluding hydrogens is 392 g/mol. The predicted molar refractivity (Wildman–Crippen MR) is 125 cm³/mol. The van der Waals surface area contributed by atoms with Gasteiger partial charge in [0.2, 0.25) is 0 Å². The molecule has 0 bridgehead atoms. The molecule has 1 aromatic carbocycles. The van der Waals surface area contributed by atoms with Crippen molar-refractivity contribution in [3.05, 3.63) is 23.8 Å². The summed E-state index contributed by atoms with van der Waals surface area (Å²) in [7, 11) is 0. The first-order valence-corrected chi connectivity index (χ1v) is 11.0. The summed E-state index contributed by atoms with van der Waals surface area (Å²) in [6, 6.07) is 4.61. The third-order valence-electron chi connectivity index (χ3n) is 8.48. The standard InChI is InChI=1S/C25H42N2O4/c1-20(2,3)21(4,5)22(6,7)26-19(30)16-12-17(29)14-18(13-16)31-23(8,9)25(11)24(10,15-28)27-25/h12-14,27-29H,15H2,1-11H3,(H,26,30). The van der Waals surface area contributed by atoms with Gasteiger partial charge in [0.25, 0.3) is 5.91 Å². The van der Waals surface area contributed by atoms with E-state index in [0.29, 0.717) is 11.3 Å². The lowest BCUT2D eigenvalue weighted by atomic mass is 9.59. The Morgan fingerprint density at radius 3 is 2.03 bits per heavy atom. The van der Waals surface area contributed by atoms with E-state index in [4.69, 9.17) is 4.74 Å². The predicted octanol–water partition coefficient (Wildman–Crippen LogP) is 4.24. The first kappa shape index (κ1) is 25.5. The molecule has 31 heavy (non-hydrogen) atoms. The van der Waals surface area contributed by atoms with Crippen molar-refractivity contribution < 1.29 is 19.7 Å². The van der Waals surface area contributed by atoms with Crippen molar-refractivity contribution in [2.45, 2.75) is 98.4 Å². The van der Waals surface area contributed by atoms with E-state index in [1.807, 2.05) is 41.5 Å². The number of amides is 1. The van der Waals surface area contributed by atoms with Crippen molar-refractivity contribution in [3.63, 3.8) is 0 Å². The maximum absolute atomic E-state index is 13.1. The number of aliphatic hydroxyl groups excluding tert-OH is 1. The van der Waals surface area contributed by atoms with Gasteiger partial charge in [-0.15, -0.1) is 0 Å². The molecule has 1 amide bonds. The highest BCUT2D eigenvalue weighted by Crippen LogP contribution is 2.48. The van der Waals surface area contributed by atoms with Crippen LogP contribution in [-0.4, -0.2) is 44.9 Å². The number of aliphatic hydroxyl groups is 1. The van der Waals surface area contributed by atoms with Gasteiger partial charge in [0.1, 0.15) is 17.1 Å². The van der Waals surface area contributed by atoms with Gasteiger partial charge in [0.05, 0.1) is 17.7 Å². The summed E-state index contributed by atoms with van der Waals surface area (Å²) in [5, 5.41) is 26.5. The molecule has 0 aromatic heterocycles. The molecule has 1 aliphatic heterocycles. The first-order chi connectivity index (χ1) is 13.7. The number of aromatic hydroxyl groups is 1. The van der Waals surface area contributed by atoms with Crippen molar-refractivity contribution in [1.82, 2.24) is 10.6 Å². The zero-order valence-electron chi connectivity index (χ0n) is 21.2. The molecule has 2 rings (SSSR count). The minimum Gasteiger partial charge on any atom is -0.508 e. The average Bonchev–Trinajstić information content (AvgIpc) is 3.17. The second kappa shape index (κ2) is 7.38. The van der Waals surface area contributed by atoms with E-state index in [0.717, 1.165) is 0 Å². The van der Waals surface area contributed by atoms with Gasteiger partial charge in [0, 0.05) is 17.2 Å². The number of benzene rings is 1. The van der Waals surface area contributed by atoms with Crippen LogP contribution in [0, 0.1) is 10.8 Å². The second-order valence-corrected chi connectivity index (χ2v) is 12.0. The van der Waals surface area contributed by atoms with Crippen LogP contribution in [0.1, 0.15) is 86.5 Å². The van der Waals surface area contributed by atoms with E-state index in [1.165, 1.54) is 12.1 Å². The third-order valence-corrected chi connectivity index (χ3v) is 8.48. The largest absolute Gasteiger partial charge is 0.508 e. The van der Waals surface area contributed by atoms with Gasteiger partial charge in [-0.25, -0.2) is 0 Å². The molecule has 4 N–H and O–H groups in total. The molecule has 6 nitrogen and oxygen atoms in total. The Hall–Kier alpha value is -1.79. The quantitative estimate of drug-likeness (QED) is 0.481. The zero-order chi connectivity index (χ0) is 24.3. The van der Waals surface area contributed by atoms with Crippen LogP contribution < -0.4 is 15.4 Å². The van der Waals surface area contributed by atoms with Crippen LogP contribution in [0.5, 0.6) is 11.5 Å². The van der Waals surface area contributed by atoms with Crippen LogP contribution in [0.3, 0.4) is 0 Å². The molecule has 1 fully saturated rings. The zero-order valence-corrected chi connectivity index (χ0v) is 21.2. The lowest BCUT2D eigenvalue weighted by Gasteiger charge is -2.51. The van der Waals surface area contributed by atoms with E-state index in [-0.39, 0.29) is 29.1 Å². The summed E-state index contributed by atoms with van der Waals surface area (Å²) in [6.45, 7) is 22.6.